The highest BCUT2D eigenvalue weighted by Gasteiger charge is 2.36. The van der Waals surface area contributed by atoms with E-state index in [1.165, 1.54) is 0 Å². The number of carbonyl (C=O) groups is 1. The highest BCUT2D eigenvalue weighted by atomic mass is 16.5. The highest BCUT2D eigenvalue weighted by Crippen LogP contribution is 2.25. The molecule has 1 aromatic carbocycles. The molecule has 5 heteroatoms. The Labute approximate surface area is 136 Å². The molecule has 0 aliphatic carbocycles. The summed E-state index contributed by atoms with van der Waals surface area (Å²) in [6, 6.07) is 7.82. The first kappa shape index (κ1) is 15.9. The molecule has 0 radical (unpaired) electrons. The number of fused-ring (bicyclic) bond motifs is 1. The Kier molecular flexibility index (Phi) is 4.33. The van der Waals surface area contributed by atoms with E-state index >= 15 is 0 Å². The summed E-state index contributed by atoms with van der Waals surface area (Å²) in [6.45, 7) is 5.54. The van der Waals surface area contributed by atoms with Gasteiger partial charge in [-0.05, 0) is 19.2 Å². The summed E-state index contributed by atoms with van der Waals surface area (Å²) in [7, 11) is 1.64. The van der Waals surface area contributed by atoms with E-state index < -0.39 is 5.60 Å². The standard InChI is InChI=1S/C18H22N2O3/c1-18(2)12-20(10-14(23-18)11-22-3)17(21)16-9-19-8-13-6-4-5-7-15(13)16/h4-9,14H,10-12H2,1-3H3. The van der Waals surface area contributed by atoms with Crippen molar-refractivity contribution < 1.29 is 14.3 Å². The van der Waals surface area contributed by atoms with Gasteiger partial charge in [0.05, 0.1) is 23.9 Å². The molecule has 1 aliphatic rings. The number of benzene rings is 1. The van der Waals surface area contributed by atoms with Crippen molar-refractivity contribution >= 4 is 16.7 Å². The lowest BCUT2D eigenvalue weighted by atomic mass is 10.0. The van der Waals surface area contributed by atoms with Gasteiger partial charge in [0.15, 0.2) is 0 Å². The number of pyridine rings is 1. The minimum atomic E-state index is -0.394. The molecule has 2 aromatic rings. The number of hydrogen-bond acceptors (Lipinski definition) is 4. The van der Waals surface area contributed by atoms with Crippen molar-refractivity contribution in [2.45, 2.75) is 25.6 Å². The van der Waals surface area contributed by atoms with Crippen LogP contribution in [-0.2, 0) is 9.47 Å². The average Bonchev–Trinajstić information content (AvgIpc) is 2.52. The van der Waals surface area contributed by atoms with E-state index in [1.807, 2.05) is 43.0 Å². The molecule has 1 saturated heterocycles. The molecule has 2 heterocycles. The van der Waals surface area contributed by atoms with Crippen LogP contribution in [0.25, 0.3) is 10.8 Å². The summed E-state index contributed by atoms with van der Waals surface area (Å²) < 4.78 is 11.2. The van der Waals surface area contributed by atoms with Crippen LogP contribution in [0.15, 0.2) is 36.7 Å². The van der Waals surface area contributed by atoms with Gasteiger partial charge in [0.25, 0.3) is 5.91 Å². The molecule has 1 aromatic heterocycles. The fourth-order valence-corrected chi connectivity index (χ4v) is 3.18. The largest absolute Gasteiger partial charge is 0.382 e. The van der Waals surface area contributed by atoms with Crippen molar-refractivity contribution in [1.82, 2.24) is 9.88 Å². The van der Waals surface area contributed by atoms with E-state index in [4.69, 9.17) is 9.47 Å². The summed E-state index contributed by atoms with van der Waals surface area (Å²) in [5.41, 5.74) is 0.242. The lowest BCUT2D eigenvalue weighted by molar-refractivity contribution is -0.143. The molecule has 0 saturated carbocycles. The van der Waals surface area contributed by atoms with Crippen LogP contribution >= 0.6 is 0 Å². The summed E-state index contributed by atoms with van der Waals surface area (Å²) >= 11 is 0. The zero-order chi connectivity index (χ0) is 16.4. The zero-order valence-corrected chi connectivity index (χ0v) is 13.8. The molecule has 0 N–H and O–H groups in total. The van der Waals surface area contributed by atoms with Gasteiger partial charge in [0, 0.05) is 38.0 Å². The number of carbonyl (C=O) groups excluding carboxylic acids is 1. The van der Waals surface area contributed by atoms with Gasteiger partial charge in [0.2, 0.25) is 0 Å². The number of ether oxygens (including phenoxy) is 2. The van der Waals surface area contributed by atoms with Crippen LogP contribution in [-0.4, -0.2) is 54.3 Å². The van der Waals surface area contributed by atoms with E-state index in [-0.39, 0.29) is 12.0 Å². The predicted molar refractivity (Wildman–Crippen MR) is 88.5 cm³/mol. The number of morpholine rings is 1. The molecule has 1 fully saturated rings. The van der Waals surface area contributed by atoms with E-state index in [0.717, 1.165) is 10.8 Å². The quantitative estimate of drug-likeness (QED) is 0.873. The molecule has 1 aliphatic heterocycles. The predicted octanol–water partition coefficient (Wildman–Crippen LogP) is 2.50. The third kappa shape index (κ3) is 3.35. The first-order valence-corrected chi connectivity index (χ1v) is 7.79. The Morgan fingerprint density at radius 3 is 2.96 bits per heavy atom. The maximum absolute atomic E-state index is 13.0. The average molecular weight is 314 g/mol. The van der Waals surface area contributed by atoms with Crippen LogP contribution in [0, 0.1) is 0 Å². The molecule has 122 valence electrons. The van der Waals surface area contributed by atoms with E-state index in [9.17, 15) is 4.79 Å². The smallest absolute Gasteiger partial charge is 0.256 e. The van der Waals surface area contributed by atoms with Crippen LogP contribution in [0.2, 0.25) is 0 Å². The molecule has 0 spiro atoms. The molecule has 1 unspecified atom stereocenters. The monoisotopic (exact) mass is 314 g/mol. The molecule has 1 amide bonds. The molecule has 5 nitrogen and oxygen atoms in total. The second-order valence-electron chi connectivity index (χ2n) is 6.55. The maximum Gasteiger partial charge on any atom is 0.256 e. The van der Waals surface area contributed by atoms with E-state index in [0.29, 0.717) is 25.3 Å². The Hall–Kier alpha value is -1.98. The summed E-state index contributed by atoms with van der Waals surface area (Å²) in [5, 5.41) is 1.90. The molecular weight excluding hydrogens is 292 g/mol. The van der Waals surface area contributed by atoms with Gasteiger partial charge in [0.1, 0.15) is 0 Å². The van der Waals surface area contributed by atoms with Gasteiger partial charge < -0.3 is 14.4 Å². The summed E-state index contributed by atoms with van der Waals surface area (Å²) in [5.74, 6) is -0.00761. The topological polar surface area (TPSA) is 51.7 Å². The Bertz CT molecular complexity index is 709. The van der Waals surface area contributed by atoms with Gasteiger partial charge in [-0.2, -0.15) is 0 Å². The second-order valence-corrected chi connectivity index (χ2v) is 6.55. The van der Waals surface area contributed by atoms with Crippen molar-refractivity contribution in [2.24, 2.45) is 0 Å². The number of methoxy groups -OCH3 is 1. The number of aromatic nitrogens is 1. The van der Waals surface area contributed by atoms with Crippen LogP contribution < -0.4 is 0 Å². The summed E-state index contributed by atoms with van der Waals surface area (Å²) in [6.07, 6.45) is 3.32. The normalized spacial score (nSPS) is 20.7. The lowest BCUT2D eigenvalue weighted by Crippen LogP contribution is -2.55. The number of nitrogens with zero attached hydrogens (tertiary/aromatic N) is 2. The molecule has 0 bridgehead atoms. The molecular formula is C18H22N2O3. The van der Waals surface area contributed by atoms with Crippen molar-refractivity contribution in [3.63, 3.8) is 0 Å². The number of rotatable bonds is 3. The Morgan fingerprint density at radius 1 is 1.39 bits per heavy atom. The maximum atomic E-state index is 13.0. The first-order valence-electron chi connectivity index (χ1n) is 7.79. The zero-order valence-electron chi connectivity index (χ0n) is 13.8. The van der Waals surface area contributed by atoms with Crippen LogP contribution in [0.3, 0.4) is 0 Å². The second kappa shape index (κ2) is 6.26. The minimum absolute atomic E-state index is 0.00761. The third-order valence-electron chi connectivity index (χ3n) is 4.02. The van der Waals surface area contributed by atoms with E-state index in [1.54, 1.807) is 19.5 Å². The highest BCUT2D eigenvalue weighted by molar-refractivity contribution is 6.06. The van der Waals surface area contributed by atoms with Crippen molar-refractivity contribution in [3.05, 3.63) is 42.2 Å². The van der Waals surface area contributed by atoms with Gasteiger partial charge in [-0.3, -0.25) is 9.78 Å². The van der Waals surface area contributed by atoms with Gasteiger partial charge in [-0.25, -0.2) is 0 Å². The molecule has 1 atom stereocenters. The van der Waals surface area contributed by atoms with Crippen molar-refractivity contribution in [2.75, 3.05) is 26.8 Å². The third-order valence-corrected chi connectivity index (χ3v) is 4.02. The fourth-order valence-electron chi connectivity index (χ4n) is 3.18. The fraction of sp³-hybridized carbons (Fsp3) is 0.444. The lowest BCUT2D eigenvalue weighted by Gasteiger charge is -2.42. The summed E-state index contributed by atoms with van der Waals surface area (Å²) in [4.78, 5) is 19.1. The SMILES string of the molecule is COCC1CN(C(=O)c2cncc3ccccc23)CC(C)(C)O1. The Balaban J connectivity index is 1.92. The van der Waals surface area contributed by atoms with Gasteiger partial charge >= 0.3 is 0 Å². The minimum Gasteiger partial charge on any atom is -0.382 e. The van der Waals surface area contributed by atoms with Crippen molar-refractivity contribution in [3.8, 4) is 0 Å². The van der Waals surface area contributed by atoms with Crippen LogP contribution in [0.4, 0.5) is 0 Å². The Morgan fingerprint density at radius 2 is 2.17 bits per heavy atom. The van der Waals surface area contributed by atoms with Crippen LogP contribution in [0.1, 0.15) is 24.2 Å². The van der Waals surface area contributed by atoms with Gasteiger partial charge in [-0.15, -0.1) is 0 Å². The van der Waals surface area contributed by atoms with Crippen molar-refractivity contribution in [1.29, 1.82) is 0 Å². The molecule has 3 rings (SSSR count). The molecule has 23 heavy (non-hydrogen) atoms. The van der Waals surface area contributed by atoms with Gasteiger partial charge in [-0.1, -0.05) is 24.3 Å². The van der Waals surface area contributed by atoms with Crippen LogP contribution in [0.5, 0.6) is 0 Å². The van der Waals surface area contributed by atoms with E-state index in [2.05, 4.69) is 4.98 Å². The first-order chi connectivity index (χ1) is 11.0. The number of hydrogen-bond donors (Lipinski definition) is 0. The number of amides is 1.